The molecular weight excluding hydrogens is 200 g/mol. The Morgan fingerprint density at radius 1 is 1.57 bits per heavy atom. The van der Waals surface area contributed by atoms with Gasteiger partial charge in [-0.05, 0) is 13.2 Å². The number of hydrogen-bond donors (Lipinski definition) is 1. The van der Waals surface area contributed by atoms with Crippen LogP contribution < -0.4 is 10.6 Å². The summed E-state index contributed by atoms with van der Waals surface area (Å²) in [5.74, 6) is 1.50. The van der Waals surface area contributed by atoms with Crippen molar-refractivity contribution in [1.82, 2.24) is 10.2 Å². The fourth-order valence-electron chi connectivity index (χ4n) is 1.01. The summed E-state index contributed by atoms with van der Waals surface area (Å²) < 4.78 is 5.33. The molecule has 6 heteroatoms. The highest BCUT2D eigenvalue weighted by atomic mass is 32.2. The van der Waals surface area contributed by atoms with Gasteiger partial charge in [0.25, 0.3) is 0 Å². The van der Waals surface area contributed by atoms with E-state index in [1.54, 1.807) is 11.8 Å². The number of thioether (sulfide) groups is 1. The van der Waals surface area contributed by atoms with Gasteiger partial charge in [-0.25, -0.2) is 0 Å². The lowest BCUT2D eigenvalue weighted by atomic mass is 10.4. The average Bonchev–Trinajstić information content (AvgIpc) is 2.65. The molecule has 0 fully saturated rings. The summed E-state index contributed by atoms with van der Waals surface area (Å²) in [5.41, 5.74) is 5.38. The third-order valence-electron chi connectivity index (χ3n) is 2.00. The molecule has 0 aliphatic rings. The summed E-state index contributed by atoms with van der Waals surface area (Å²) in [6.45, 7) is 2.40. The Morgan fingerprint density at radius 3 is 2.79 bits per heavy atom. The monoisotopic (exact) mass is 216 g/mol. The lowest BCUT2D eigenvalue weighted by molar-refractivity contribution is 0.483. The Hall–Kier alpha value is -0.750. The van der Waals surface area contributed by atoms with Crippen LogP contribution in [0.1, 0.15) is 12.8 Å². The van der Waals surface area contributed by atoms with Crippen molar-refractivity contribution in [2.75, 3.05) is 24.0 Å². The topological polar surface area (TPSA) is 68.2 Å². The van der Waals surface area contributed by atoms with Gasteiger partial charge in [0.15, 0.2) is 0 Å². The molecule has 2 N–H and O–H groups in total. The van der Waals surface area contributed by atoms with E-state index in [9.17, 15) is 0 Å². The van der Waals surface area contributed by atoms with E-state index in [0.29, 0.717) is 17.9 Å². The molecule has 1 heterocycles. The van der Waals surface area contributed by atoms with E-state index >= 15 is 0 Å². The zero-order chi connectivity index (χ0) is 10.6. The first-order chi connectivity index (χ1) is 6.69. The Balaban J connectivity index is 2.63. The van der Waals surface area contributed by atoms with Gasteiger partial charge in [-0.15, -0.1) is 5.10 Å². The second kappa shape index (κ2) is 5.21. The summed E-state index contributed by atoms with van der Waals surface area (Å²) >= 11 is 1.79. The number of hydrogen-bond acceptors (Lipinski definition) is 6. The number of aromatic nitrogens is 2. The van der Waals surface area contributed by atoms with Gasteiger partial charge in [0, 0.05) is 18.8 Å². The van der Waals surface area contributed by atoms with E-state index in [-0.39, 0.29) is 6.54 Å². The molecule has 0 aromatic carbocycles. The van der Waals surface area contributed by atoms with E-state index in [0.717, 1.165) is 5.75 Å². The molecule has 0 aliphatic carbocycles. The largest absolute Gasteiger partial charge is 0.407 e. The highest BCUT2D eigenvalue weighted by Gasteiger charge is 2.15. The van der Waals surface area contributed by atoms with Crippen molar-refractivity contribution in [2.24, 2.45) is 5.73 Å². The van der Waals surface area contributed by atoms with Gasteiger partial charge >= 0.3 is 6.01 Å². The molecule has 0 amide bonds. The van der Waals surface area contributed by atoms with Crippen LogP contribution in [0.5, 0.6) is 0 Å². The van der Waals surface area contributed by atoms with Crippen LogP contribution in [0.4, 0.5) is 6.01 Å². The minimum atomic E-state index is 0.289. The normalized spacial score (nSPS) is 12.9. The molecule has 1 unspecified atom stereocenters. The van der Waals surface area contributed by atoms with Gasteiger partial charge in [-0.2, -0.15) is 11.8 Å². The van der Waals surface area contributed by atoms with Gasteiger partial charge < -0.3 is 15.1 Å². The lowest BCUT2D eigenvalue weighted by Crippen LogP contribution is -2.31. The standard InChI is InChI=1S/C8H16N4OS/c1-6(5-14-3)12(2)8-11-10-7(4-9)13-8/h6H,4-5,9H2,1-3H3. The van der Waals surface area contributed by atoms with E-state index in [2.05, 4.69) is 23.4 Å². The summed E-state index contributed by atoms with van der Waals surface area (Å²) in [4.78, 5) is 1.96. The SMILES string of the molecule is CSCC(C)N(C)c1nnc(CN)o1. The van der Waals surface area contributed by atoms with Crippen molar-refractivity contribution >= 4 is 17.8 Å². The van der Waals surface area contributed by atoms with E-state index in [1.807, 2.05) is 11.9 Å². The van der Waals surface area contributed by atoms with E-state index in [1.165, 1.54) is 0 Å². The van der Waals surface area contributed by atoms with E-state index < -0.39 is 0 Å². The molecule has 0 spiro atoms. The third-order valence-corrected chi connectivity index (χ3v) is 2.82. The summed E-state index contributed by atoms with van der Waals surface area (Å²) in [5, 5.41) is 7.72. The van der Waals surface area contributed by atoms with Crippen LogP contribution in [-0.2, 0) is 6.54 Å². The maximum atomic E-state index is 5.38. The average molecular weight is 216 g/mol. The van der Waals surface area contributed by atoms with Gasteiger partial charge in [-0.1, -0.05) is 5.10 Å². The maximum Gasteiger partial charge on any atom is 0.318 e. The first kappa shape index (κ1) is 11.3. The Labute approximate surface area is 88.0 Å². The molecule has 80 valence electrons. The van der Waals surface area contributed by atoms with Crippen molar-refractivity contribution in [1.29, 1.82) is 0 Å². The quantitative estimate of drug-likeness (QED) is 0.782. The Morgan fingerprint density at radius 2 is 2.29 bits per heavy atom. The molecule has 0 radical (unpaired) electrons. The predicted octanol–water partition coefficient (Wildman–Crippen LogP) is 0.716. The molecule has 1 aromatic rings. The summed E-state index contributed by atoms with van der Waals surface area (Å²) in [6, 6.07) is 0.906. The van der Waals surface area contributed by atoms with Crippen molar-refractivity contribution in [2.45, 2.75) is 19.5 Å². The van der Waals surface area contributed by atoms with Gasteiger partial charge in [0.2, 0.25) is 5.89 Å². The Kier molecular flexibility index (Phi) is 4.21. The molecule has 0 aliphatic heterocycles. The molecule has 0 saturated carbocycles. The first-order valence-corrected chi connectivity index (χ1v) is 5.82. The van der Waals surface area contributed by atoms with Crippen LogP contribution in [0, 0.1) is 0 Å². The van der Waals surface area contributed by atoms with Crippen LogP contribution in [0.15, 0.2) is 4.42 Å². The molecule has 1 rings (SSSR count). The second-order valence-electron chi connectivity index (χ2n) is 3.10. The number of nitrogens with two attached hydrogens (primary N) is 1. The summed E-state index contributed by atoms with van der Waals surface area (Å²) in [7, 11) is 1.94. The van der Waals surface area contributed by atoms with Crippen LogP contribution in [-0.4, -0.2) is 35.3 Å². The molecule has 1 atom stereocenters. The predicted molar refractivity (Wildman–Crippen MR) is 58.4 cm³/mol. The van der Waals surface area contributed by atoms with Crippen molar-refractivity contribution in [3.63, 3.8) is 0 Å². The molecule has 1 aromatic heterocycles. The van der Waals surface area contributed by atoms with Crippen LogP contribution in [0.3, 0.4) is 0 Å². The molecule has 0 bridgehead atoms. The fraction of sp³-hybridized carbons (Fsp3) is 0.750. The van der Waals surface area contributed by atoms with Gasteiger partial charge in [-0.3, -0.25) is 0 Å². The second-order valence-corrected chi connectivity index (χ2v) is 4.01. The maximum absolute atomic E-state index is 5.38. The van der Waals surface area contributed by atoms with Gasteiger partial charge in [0.05, 0.1) is 6.54 Å². The zero-order valence-electron chi connectivity index (χ0n) is 8.73. The van der Waals surface area contributed by atoms with Crippen LogP contribution in [0.2, 0.25) is 0 Å². The van der Waals surface area contributed by atoms with Crippen molar-refractivity contribution < 1.29 is 4.42 Å². The first-order valence-electron chi connectivity index (χ1n) is 4.43. The van der Waals surface area contributed by atoms with Crippen LogP contribution in [0.25, 0.3) is 0 Å². The highest BCUT2D eigenvalue weighted by Crippen LogP contribution is 2.14. The Bertz CT molecular complexity index is 278. The minimum Gasteiger partial charge on any atom is -0.407 e. The van der Waals surface area contributed by atoms with Crippen LogP contribution >= 0.6 is 11.8 Å². The van der Waals surface area contributed by atoms with E-state index in [4.69, 9.17) is 10.2 Å². The molecule has 14 heavy (non-hydrogen) atoms. The number of anilines is 1. The molecule has 5 nitrogen and oxygen atoms in total. The lowest BCUT2D eigenvalue weighted by Gasteiger charge is -2.21. The van der Waals surface area contributed by atoms with Gasteiger partial charge in [0.1, 0.15) is 0 Å². The minimum absolute atomic E-state index is 0.289. The fourth-order valence-corrected chi connectivity index (χ4v) is 1.72. The number of nitrogens with zero attached hydrogens (tertiary/aromatic N) is 3. The third kappa shape index (κ3) is 2.62. The smallest absolute Gasteiger partial charge is 0.318 e. The molecule has 0 saturated heterocycles. The molecular formula is C8H16N4OS. The summed E-state index contributed by atoms with van der Waals surface area (Å²) in [6.07, 6.45) is 2.07. The number of rotatable bonds is 5. The zero-order valence-corrected chi connectivity index (χ0v) is 9.54. The van der Waals surface area contributed by atoms with Crippen molar-refractivity contribution in [3.05, 3.63) is 5.89 Å². The highest BCUT2D eigenvalue weighted by molar-refractivity contribution is 7.98. The van der Waals surface area contributed by atoms with Crippen molar-refractivity contribution in [3.8, 4) is 0 Å².